The molecule has 4 heteroatoms. The molecule has 21 heavy (non-hydrogen) atoms. The first-order chi connectivity index (χ1) is 10.3. The first kappa shape index (κ1) is 15.5. The largest absolute Gasteiger partial charge is 0.250 e. The molecule has 2 nitrogen and oxygen atoms in total. The number of nitrogens with zero attached hydrogens (tertiary/aromatic N) is 1. The lowest BCUT2D eigenvalue weighted by Gasteiger charge is -2.02. The summed E-state index contributed by atoms with van der Waals surface area (Å²) in [6.45, 7) is 0.587. The van der Waals surface area contributed by atoms with E-state index in [0.717, 1.165) is 22.4 Å². The molecule has 1 unspecified atom stereocenters. The molecule has 0 saturated heterocycles. The highest BCUT2D eigenvalue weighted by atomic mass is 32.2. The van der Waals surface area contributed by atoms with Crippen LogP contribution in [0.4, 0.5) is 0 Å². The Morgan fingerprint density at radius 3 is 2.38 bits per heavy atom. The van der Waals surface area contributed by atoms with Gasteiger partial charge in [-0.2, -0.15) is 0 Å². The third-order valence-electron chi connectivity index (χ3n) is 2.89. The molecule has 0 amide bonds. The summed E-state index contributed by atoms with van der Waals surface area (Å²) >= 11 is 4.48. The second-order valence-corrected chi connectivity index (χ2v) is 5.84. The molecule has 0 bridgehead atoms. The van der Waals surface area contributed by atoms with Crippen LogP contribution in [0.3, 0.4) is 0 Å². The molecule has 2 rings (SSSR count). The molecule has 0 saturated carbocycles. The molecule has 1 atom stereocenters. The van der Waals surface area contributed by atoms with E-state index in [0.29, 0.717) is 6.54 Å². The molecule has 2 aromatic carbocycles. The first-order valence-corrected chi connectivity index (χ1v) is 8.20. The third kappa shape index (κ3) is 4.87. The number of benzene rings is 2. The fourth-order valence-corrected chi connectivity index (χ4v) is 2.79. The lowest BCUT2D eigenvalue weighted by molar-refractivity contribution is 0.688. The van der Waals surface area contributed by atoms with E-state index in [9.17, 15) is 4.21 Å². The van der Waals surface area contributed by atoms with Crippen molar-refractivity contribution in [3.8, 4) is 11.1 Å². The van der Waals surface area contributed by atoms with Gasteiger partial charge in [-0.1, -0.05) is 48.5 Å². The molecule has 0 heterocycles. The van der Waals surface area contributed by atoms with Gasteiger partial charge >= 0.3 is 0 Å². The summed E-state index contributed by atoms with van der Waals surface area (Å²) in [6, 6.07) is 17.9. The lowest BCUT2D eigenvalue weighted by Crippen LogP contribution is -1.87. The minimum Gasteiger partial charge on any atom is -0.250 e. The van der Waals surface area contributed by atoms with Crippen LogP contribution in [0.15, 0.2) is 76.0 Å². The van der Waals surface area contributed by atoms with Gasteiger partial charge in [0.05, 0.1) is 22.5 Å². The zero-order chi connectivity index (χ0) is 14.9. The molecule has 0 aliphatic carbocycles. The van der Waals surface area contributed by atoms with E-state index < -0.39 is 10.8 Å². The number of hydrogen-bond acceptors (Lipinski definition) is 3. The van der Waals surface area contributed by atoms with Crippen molar-refractivity contribution in [3.05, 3.63) is 66.1 Å². The SMILES string of the molecule is O=S(/C=C/CCN=C=S)c1ccc(-c2ccccc2)cc1. The molecule has 0 N–H and O–H groups in total. The molecule has 106 valence electrons. The summed E-state index contributed by atoms with van der Waals surface area (Å²) in [5.74, 6) is 0. The van der Waals surface area contributed by atoms with Crippen LogP contribution in [-0.4, -0.2) is 15.9 Å². The van der Waals surface area contributed by atoms with Crippen molar-refractivity contribution in [1.29, 1.82) is 0 Å². The van der Waals surface area contributed by atoms with Gasteiger partial charge < -0.3 is 0 Å². The van der Waals surface area contributed by atoms with Gasteiger partial charge in [-0.05, 0) is 41.9 Å². The summed E-state index contributed by atoms with van der Waals surface area (Å²) in [6.07, 6.45) is 2.58. The van der Waals surface area contributed by atoms with Crippen molar-refractivity contribution in [2.45, 2.75) is 11.3 Å². The van der Waals surface area contributed by atoms with Gasteiger partial charge in [0.25, 0.3) is 0 Å². The van der Waals surface area contributed by atoms with Crippen LogP contribution in [0.5, 0.6) is 0 Å². The Morgan fingerprint density at radius 2 is 1.71 bits per heavy atom. The third-order valence-corrected chi connectivity index (χ3v) is 4.19. The second-order valence-electron chi connectivity index (χ2n) is 4.32. The average molecular weight is 313 g/mol. The first-order valence-electron chi connectivity index (χ1n) is 6.57. The van der Waals surface area contributed by atoms with Crippen LogP contribution in [0.1, 0.15) is 6.42 Å². The van der Waals surface area contributed by atoms with Gasteiger partial charge in [-0.3, -0.25) is 0 Å². The number of aliphatic imine (C=N–C) groups is 1. The summed E-state index contributed by atoms with van der Waals surface area (Å²) < 4.78 is 12.1. The van der Waals surface area contributed by atoms with E-state index in [1.54, 1.807) is 5.41 Å². The van der Waals surface area contributed by atoms with E-state index >= 15 is 0 Å². The second kappa shape index (κ2) is 8.42. The predicted octanol–water partition coefficient (Wildman–Crippen LogP) is 4.47. The van der Waals surface area contributed by atoms with Gasteiger partial charge in [0.1, 0.15) is 0 Å². The molecule has 0 aliphatic heterocycles. The fourth-order valence-electron chi connectivity index (χ4n) is 1.83. The van der Waals surface area contributed by atoms with Crippen molar-refractivity contribution in [2.75, 3.05) is 6.54 Å². The monoisotopic (exact) mass is 313 g/mol. The minimum absolute atomic E-state index is 0.587. The van der Waals surface area contributed by atoms with E-state index in [4.69, 9.17) is 0 Å². The highest BCUT2D eigenvalue weighted by Crippen LogP contribution is 2.20. The van der Waals surface area contributed by atoms with E-state index in [-0.39, 0.29) is 0 Å². The Labute approximate surface area is 132 Å². The number of hydrogen-bond donors (Lipinski definition) is 0. The number of thiocarbonyl (C=S) groups is 1. The van der Waals surface area contributed by atoms with Crippen LogP contribution in [0.2, 0.25) is 0 Å². The maximum absolute atomic E-state index is 12.1. The van der Waals surface area contributed by atoms with Crippen LogP contribution in [-0.2, 0) is 10.8 Å². The zero-order valence-electron chi connectivity index (χ0n) is 11.4. The number of rotatable bonds is 6. The van der Waals surface area contributed by atoms with E-state index in [2.05, 4.69) is 34.5 Å². The van der Waals surface area contributed by atoms with Gasteiger partial charge in [0.2, 0.25) is 0 Å². The molecular weight excluding hydrogens is 298 g/mol. The molecule has 0 aliphatic rings. The minimum atomic E-state index is -1.12. The van der Waals surface area contributed by atoms with E-state index in [1.165, 1.54) is 0 Å². The Hall–Kier alpha value is -1.87. The maximum Gasteiger partial charge on any atom is 0.0772 e. The molecule has 0 aromatic heterocycles. The highest BCUT2D eigenvalue weighted by Gasteiger charge is 2.01. The molecule has 2 aromatic rings. The van der Waals surface area contributed by atoms with Crippen molar-refractivity contribution in [3.63, 3.8) is 0 Å². The lowest BCUT2D eigenvalue weighted by atomic mass is 10.1. The van der Waals surface area contributed by atoms with Crippen molar-refractivity contribution >= 4 is 28.2 Å². The number of isothiocyanates is 1. The molecule has 0 fully saturated rings. The highest BCUT2D eigenvalue weighted by molar-refractivity contribution is 7.88. The fraction of sp³-hybridized carbons (Fsp3) is 0.118. The quantitative estimate of drug-likeness (QED) is 0.447. The summed E-state index contributed by atoms with van der Waals surface area (Å²) in [5.41, 5.74) is 2.28. The van der Waals surface area contributed by atoms with Gasteiger partial charge in [-0.25, -0.2) is 9.20 Å². The predicted molar refractivity (Wildman–Crippen MR) is 91.9 cm³/mol. The van der Waals surface area contributed by atoms with Crippen molar-refractivity contribution in [2.24, 2.45) is 4.99 Å². The molecular formula is C17H15NOS2. The van der Waals surface area contributed by atoms with E-state index in [1.807, 2.05) is 48.5 Å². The van der Waals surface area contributed by atoms with Crippen molar-refractivity contribution in [1.82, 2.24) is 0 Å². The summed E-state index contributed by atoms with van der Waals surface area (Å²) in [5, 5.41) is 4.00. The van der Waals surface area contributed by atoms with Crippen LogP contribution >= 0.6 is 12.2 Å². The van der Waals surface area contributed by atoms with Crippen LogP contribution < -0.4 is 0 Å². The van der Waals surface area contributed by atoms with Gasteiger partial charge in [-0.15, -0.1) is 0 Å². The normalized spacial score (nSPS) is 12.0. The van der Waals surface area contributed by atoms with Crippen LogP contribution in [0, 0.1) is 0 Å². The Morgan fingerprint density at radius 1 is 1.05 bits per heavy atom. The standard InChI is InChI=1S/C17H15NOS2/c19-21(13-5-4-12-18-14-20)17-10-8-16(9-11-17)15-6-2-1-3-7-15/h1-3,5-11,13H,4,12H2/b13-5+. The average Bonchev–Trinajstić information content (AvgIpc) is 2.55. The van der Waals surface area contributed by atoms with Gasteiger partial charge in [0, 0.05) is 10.3 Å². The Bertz CT molecular complexity index is 672. The van der Waals surface area contributed by atoms with Gasteiger partial charge in [0.15, 0.2) is 0 Å². The molecule has 0 radical (unpaired) electrons. The zero-order valence-corrected chi connectivity index (χ0v) is 13.1. The Balaban J connectivity index is 2.02. The van der Waals surface area contributed by atoms with Crippen LogP contribution in [0.25, 0.3) is 11.1 Å². The maximum atomic E-state index is 12.1. The summed E-state index contributed by atoms with van der Waals surface area (Å²) in [4.78, 5) is 4.60. The smallest absolute Gasteiger partial charge is 0.0772 e. The Kier molecular flexibility index (Phi) is 6.22. The van der Waals surface area contributed by atoms with Crippen molar-refractivity contribution < 1.29 is 4.21 Å². The summed E-state index contributed by atoms with van der Waals surface area (Å²) in [7, 11) is -1.12. The molecule has 0 spiro atoms. The topological polar surface area (TPSA) is 29.4 Å².